The van der Waals surface area contributed by atoms with Crippen LogP contribution in [0.1, 0.15) is 90.5 Å². The minimum atomic E-state index is -0.960. The van der Waals surface area contributed by atoms with Gasteiger partial charge in [0, 0.05) is 12.1 Å². The van der Waals surface area contributed by atoms with Crippen LogP contribution in [0, 0.1) is 6.92 Å². The zero-order valence-electron chi connectivity index (χ0n) is 20.9. The minimum Gasteiger partial charge on any atom is -0.478 e. The van der Waals surface area contributed by atoms with Crippen LogP contribution in [-0.4, -0.2) is 37.5 Å². The van der Waals surface area contributed by atoms with Crippen LogP contribution in [0.2, 0.25) is 0 Å². The number of nitrogens with one attached hydrogen (secondary N) is 2. The molecule has 0 spiro atoms. The van der Waals surface area contributed by atoms with E-state index in [1.54, 1.807) is 31.3 Å². The Kier molecular flexibility index (Phi) is 5.90. The highest BCUT2D eigenvalue weighted by molar-refractivity contribution is 5.98. The van der Waals surface area contributed by atoms with Crippen LogP contribution in [0.3, 0.4) is 0 Å². The van der Waals surface area contributed by atoms with Gasteiger partial charge in [-0.2, -0.15) is 5.10 Å². The van der Waals surface area contributed by atoms with Gasteiger partial charge >= 0.3 is 5.97 Å². The van der Waals surface area contributed by atoms with Crippen LogP contribution in [0.25, 0.3) is 5.65 Å². The average molecular weight is 510 g/mol. The number of benzene rings is 2. The first-order chi connectivity index (χ1) is 18.4. The van der Waals surface area contributed by atoms with Gasteiger partial charge in [0.2, 0.25) is 0 Å². The standard InChI is InChI=1S/C29H27N5O4/c1-16-18-11-12-23(21(18)10-9-19(16)29(37)38)33-28(36)25-15-24(31-26-13-14-30-34(25)26)27(35)32-22-8-4-6-17-5-2-3-7-20(17)22/h2-3,5,7,9-10,13-15,22-23H,4,6,8,11-12H2,1H3,(H,32,35)(H,33,36)(H,37,38)/t22-,23-/m0/s1. The summed E-state index contributed by atoms with van der Waals surface area (Å²) in [4.78, 5) is 42.8. The number of hydrogen-bond acceptors (Lipinski definition) is 5. The summed E-state index contributed by atoms with van der Waals surface area (Å²) < 4.78 is 1.43. The second-order valence-corrected chi connectivity index (χ2v) is 9.92. The molecule has 2 aromatic heterocycles. The number of aromatic carboxylic acids is 1. The molecule has 2 aliphatic carbocycles. The maximum atomic E-state index is 13.5. The van der Waals surface area contributed by atoms with Gasteiger partial charge in [0.15, 0.2) is 5.65 Å². The van der Waals surface area contributed by atoms with Crippen molar-refractivity contribution >= 4 is 23.4 Å². The van der Waals surface area contributed by atoms with Crippen LogP contribution >= 0.6 is 0 Å². The molecule has 3 N–H and O–H groups in total. The summed E-state index contributed by atoms with van der Waals surface area (Å²) in [5.74, 6) is -1.68. The van der Waals surface area contributed by atoms with E-state index in [9.17, 15) is 19.5 Å². The van der Waals surface area contributed by atoms with Crippen LogP contribution in [0.15, 0.2) is 54.7 Å². The molecule has 0 unspecified atom stereocenters. The highest BCUT2D eigenvalue weighted by Crippen LogP contribution is 2.35. The lowest BCUT2D eigenvalue weighted by molar-refractivity contribution is 0.0695. The van der Waals surface area contributed by atoms with Gasteiger partial charge < -0.3 is 15.7 Å². The van der Waals surface area contributed by atoms with Crippen molar-refractivity contribution in [2.45, 2.75) is 51.1 Å². The molecule has 4 aromatic rings. The molecule has 0 bridgehead atoms. The highest BCUT2D eigenvalue weighted by atomic mass is 16.4. The van der Waals surface area contributed by atoms with Crippen molar-refractivity contribution in [1.82, 2.24) is 25.2 Å². The SMILES string of the molecule is Cc1c(C(=O)O)ccc2c1CC[C@@H]2NC(=O)c1cc(C(=O)N[C@H]2CCCc3ccccc32)nc2ccnn12. The third-order valence-corrected chi connectivity index (χ3v) is 7.73. The van der Waals surface area contributed by atoms with Crippen molar-refractivity contribution < 1.29 is 19.5 Å². The summed E-state index contributed by atoms with van der Waals surface area (Å²) in [6.45, 7) is 1.80. The van der Waals surface area contributed by atoms with Crippen molar-refractivity contribution in [3.63, 3.8) is 0 Å². The van der Waals surface area contributed by atoms with Crippen LogP contribution in [-0.2, 0) is 12.8 Å². The molecule has 9 heteroatoms. The van der Waals surface area contributed by atoms with E-state index >= 15 is 0 Å². The van der Waals surface area contributed by atoms with E-state index in [1.165, 1.54) is 16.1 Å². The van der Waals surface area contributed by atoms with Crippen LogP contribution in [0.4, 0.5) is 0 Å². The quantitative estimate of drug-likeness (QED) is 0.374. The lowest BCUT2D eigenvalue weighted by Crippen LogP contribution is -2.33. The summed E-state index contributed by atoms with van der Waals surface area (Å²) in [6, 6.07) is 14.3. The molecule has 0 fully saturated rings. The van der Waals surface area contributed by atoms with Gasteiger partial charge in [0.05, 0.1) is 23.8 Å². The van der Waals surface area contributed by atoms with Crippen LogP contribution < -0.4 is 10.6 Å². The molecule has 6 rings (SSSR count). The fourth-order valence-electron chi connectivity index (χ4n) is 5.82. The maximum absolute atomic E-state index is 13.5. The molecule has 2 heterocycles. The molecular formula is C29H27N5O4. The largest absolute Gasteiger partial charge is 0.478 e. The summed E-state index contributed by atoms with van der Waals surface area (Å²) in [7, 11) is 0. The van der Waals surface area contributed by atoms with Gasteiger partial charge in [-0.3, -0.25) is 9.59 Å². The van der Waals surface area contributed by atoms with Crippen molar-refractivity contribution in [3.05, 3.63) is 99.5 Å². The zero-order valence-corrected chi connectivity index (χ0v) is 20.9. The number of rotatable bonds is 5. The topological polar surface area (TPSA) is 126 Å². The normalized spacial score (nSPS) is 18.0. The highest BCUT2D eigenvalue weighted by Gasteiger charge is 2.29. The second kappa shape index (κ2) is 9.41. The number of carboxylic acid groups (broad SMARTS) is 1. The van der Waals surface area contributed by atoms with E-state index in [2.05, 4.69) is 26.8 Å². The molecule has 9 nitrogen and oxygen atoms in total. The summed E-state index contributed by atoms with van der Waals surface area (Å²) in [6.07, 6.45) is 5.70. The van der Waals surface area contributed by atoms with Crippen molar-refractivity contribution in [1.29, 1.82) is 0 Å². The molecule has 0 aliphatic heterocycles. The number of carboxylic acids is 1. The van der Waals surface area contributed by atoms with E-state index in [4.69, 9.17) is 0 Å². The van der Waals surface area contributed by atoms with E-state index in [1.807, 2.05) is 18.2 Å². The molecule has 2 aliphatic rings. The first kappa shape index (κ1) is 23.8. The zero-order chi connectivity index (χ0) is 26.4. The Hall–Kier alpha value is -4.53. The Morgan fingerprint density at radius 2 is 1.74 bits per heavy atom. The van der Waals surface area contributed by atoms with Gasteiger partial charge in [0.1, 0.15) is 11.4 Å². The van der Waals surface area contributed by atoms with E-state index < -0.39 is 5.97 Å². The third kappa shape index (κ3) is 4.09. The number of nitrogens with zero attached hydrogens (tertiary/aromatic N) is 3. The summed E-state index contributed by atoms with van der Waals surface area (Å²) in [5, 5.41) is 19.9. The number of aromatic nitrogens is 3. The van der Waals surface area contributed by atoms with Gasteiger partial charge in [-0.15, -0.1) is 0 Å². The number of amides is 2. The molecule has 2 aromatic carbocycles. The molecule has 0 saturated carbocycles. The molecule has 2 amide bonds. The van der Waals surface area contributed by atoms with Gasteiger partial charge in [-0.1, -0.05) is 30.3 Å². The first-order valence-corrected chi connectivity index (χ1v) is 12.8. The maximum Gasteiger partial charge on any atom is 0.335 e. The molecule has 2 atom stereocenters. The van der Waals surface area contributed by atoms with E-state index in [0.29, 0.717) is 18.5 Å². The predicted octanol–water partition coefficient (Wildman–Crippen LogP) is 3.96. The fourth-order valence-corrected chi connectivity index (χ4v) is 5.82. The van der Waals surface area contributed by atoms with Gasteiger partial charge in [-0.25, -0.2) is 14.3 Å². The Labute approximate surface area is 218 Å². The summed E-state index contributed by atoms with van der Waals surface area (Å²) in [5.41, 5.74) is 6.01. The Morgan fingerprint density at radius 1 is 0.947 bits per heavy atom. The minimum absolute atomic E-state index is 0.110. The number of carbonyl (C=O) groups excluding carboxylic acids is 2. The van der Waals surface area contributed by atoms with Gasteiger partial charge in [-0.05, 0) is 72.9 Å². The Balaban J connectivity index is 1.27. The number of aryl methyl sites for hydroxylation is 1. The fraction of sp³-hybridized carbons (Fsp3) is 0.276. The number of fused-ring (bicyclic) bond motifs is 3. The van der Waals surface area contributed by atoms with Gasteiger partial charge in [0.25, 0.3) is 11.8 Å². The molecule has 192 valence electrons. The molecule has 0 saturated heterocycles. The van der Waals surface area contributed by atoms with Crippen molar-refractivity contribution in [3.8, 4) is 0 Å². The van der Waals surface area contributed by atoms with Crippen molar-refractivity contribution in [2.75, 3.05) is 0 Å². The monoisotopic (exact) mass is 509 g/mol. The lowest BCUT2D eigenvalue weighted by Gasteiger charge is -2.26. The Bertz CT molecular complexity index is 1610. The lowest BCUT2D eigenvalue weighted by atomic mass is 9.87. The second-order valence-electron chi connectivity index (χ2n) is 9.92. The van der Waals surface area contributed by atoms with E-state index in [-0.39, 0.29) is 40.8 Å². The third-order valence-electron chi connectivity index (χ3n) is 7.73. The molecule has 0 radical (unpaired) electrons. The Morgan fingerprint density at radius 3 is 2.58 bits per heavy atom. The van der Waals surface area contributed by atoms with Crippen molar-refractivity contribution in [2.24, 2.45) is 0 Å². The molecular weight excluding hydrogens is 482 g/mol. The average Bonchev–Trinajstić information content (AvgIpc) is 3.56. The molecule has 38 heavy (non-hydrogen) atoms. The first-order valence-electron chi connectivity index (χ1n) is 12.8. The van der Waals surface area contributed by atoms with Crippen LogP contribution in [0.5, 0.6) is 0 Å². The smallest absolute Gasteiger partial charge is 0.335 e. The predicted molar refractivity (Wildman–Crippen MR) is 139 cm³/mol. The summed E-state index contributed by atoms with van der Waals surface area (Å²) >= 11 is 0. The number of hydrogen-bond donors (Lipinski definition) is 3. The van der Waals surface area contributed by atoms with E-state index in [0.717, 1.165) is 41.5 Å². The number of carbonyl (C=O) groups is 3.